The van der Waals surface area contributed by atoms with Crippen molar-refractivity contribution >= 4 is 35.0 Å². The molecule has 0 bridgehead atoms. The summed E-state index contributed by atoms with van der Waals surface area (Å²) in [6, 6.07) is 11.1. The maximum atomic E-state index is 13.1. The van der Waals surface area contributed by atoms with Crippen molar-refractivity contribution in [1.29, 1.82) is 0 Å². The number of hydrogen-bond acceptors (Lipinski definition) is 4. The molecule has 3 rings (SSSR count). The first-order valence-corrected chi connectivity index (χ1v) is 9.56. The third-order valence-electron chi connectivity index (χ3n) is 4.78. The molecule has 1 atom stereocenters. The SMILES string of the molecule is COc1ccccc1C(=O)N1CCNC(=O)[C@@H]1CC(=O)Nc1cc(Cl)ccc1C. The van der Waals surface area contributed by atoms with E-state index in [1.54, 1.807) is 42.5 Å². The number of amides is 3. The highest BCUT2D eigenvalue weighted by Crippen LogP contribution is 2.23. The Balaban J connectivity index is 1.79. The molecular formula is C21H22ClN3O4. The lowest BCUT2D eigenvalue weighted by Gasteiger charge is -2.35. The number of piperazine rings is 1. The number of halogens is 1. The van der Waals surface area contributed by atoms with Crippen molar-refractivity contribution in [2.75, 3.05) is 25.5 Å². The molecule has 0 spiro atoms. The van der Waals surface area contributed by atoms with Gasteiger partial charge in [-0.2, -0.15) is 0 Å². The number of ether oxygens (including phenoxy) is 1. The number of hydrogen-bond donors (Lipinski definition) is 2. The molecule has 1 saturated heterocycles. The lowest BCUT2D eigenvalue weighted by molar-refractivity contribution is -0.131. The minimum absolute atomic E-state index is 0.168. The van der Waals surface area contributed by atoms with Crippen molar-refractivity contribution in [1.82, 2.24) is 10.2 Å². The van der Waals surface area contributed by atoms with Crippen molar-refractivity contribution in [3.63, 3.8) is 0 Å². The summed E-state index contributed by atoms with van der Waals surface area (Å²) < 4.78 is 5.26. The second-order valence-electron chi connectivity index (χ2n) is 6.72. The van der Waals surface area contributed by atoms with Crippen LogP contribution < -0.4 is 15.4 Å². The van der Waals surface area contributed by atoms with Crippen LogP contribution in [0.15, 0.2) is 42.5 Å². The van der Waals surface area contributed by atoms with Crippen LogP contribution in [0.2, 0.25) is 5.02 Å². The lowest BCUT2D eigenvalue weighted by Crippen LogP contribution is -2.58. The molecule has 0 radical (unpaired) electrons. The van der Waals surface area contributed by atoms with Crippen LogP contribution in [-0.2, 0) is 9.59 Å². The number of aryl methyl sites for hydroxylation is 1. The topological polar surface area (TPSA) is 87.7 Å². The van der Waals surface area contributed by atoms with Crippen LogP contribution >= 0.6 is 11.6 Å². The Labute approximate surface area is 174 Å². The molecule has 2 N–H and O–H groups in total. The standard InChI is InChI=1S/C21H22ClN3O4/c1-13-7-8-14(22)11-16(13)24-19(26)12-17-20(27)23-9-10-25(17)21(28)15-5-3-4-6-18(15)29-2/h3-8,11,17H,9-10,12H2,1-2H3,(H,23,27)(H,24,26)/t17-/m0/s1. The highest BCUT2D eigenvalue weighted by Gasteiger charge is 2.36. The van der Waals surface area contributed by atoms with Crippen molar-refractivity contribution in [3.05, 3.63) is 58.6 Å². The van der Waals surface area contributed by atoms with Crippen molar-refractivity contribution in [2.45, 2.75) is 19.4 Å². The van der Waals surface area contributed by atoms with Gasteiger partial charge in [-0.05, 0) is 36.8 Å². The zero-order chi connectivity index (χ0) is 21.0. The van der Waals surface area contributed by atoms with Gasteiger partial charge in [-0.25, -0.2) is 0 Å². The highest BCUT2D eigenvalue weighted by molar-refractivity contribution is 6.31. The zero-order valence-electron chi connectivity index (χ0n) is 16.2. The van der Waals surface area contributed by atoms with Crippen LogP contribution in [0.3, 0.4) is 0 Å². The summed E-state index contributed by atoms with van der Waals surface area (Å²) >= 11 is 6.00. The molecular weight excluding hydrogens is 394 g/mol. The molecule has 29 heavy (non-hydrogen) atoms. The van der Waals surface area contributed by atoms with Crippen molar-refractivity contribution in [2.24, 2.45) is 0 Å². The fraction of sp³-hybridized carbons (Fsp3) is 0.286. The second-order valence-corrected chi connectivity index (χ2v) is 7.15. The van der Waals surface area contributed by atoms with E-state index < -0.39 is 6.04 Å². The third kappa shape index (κ3) is 4.68. The predicted molar refractivity (Wildman–Crippen MR) is 110 cm³/mol. The summed E-state index contributed by atoms with van der Waals surface area (Å²) in [5.74, 6) is -0.678. The van der Waals surface area contributed by atoms with Gasteiger partial charge in [0.25, 0.3) is 5.91 Å². The van der Waals surface area contributed by atoms with Gasteiger partial charge in [0.15, 0.2) is 0 Å². The van der Waals surface area contributed by atoms with Gasteiger partial charge in [0.05, 0.1) is 19.1 Å². The molecule has 3 amide bonds. The molecule has 1 heterocycles. The summed E-state index contributed by atoms with van der Waals surface area (Å²) in [6.07, 6.45) is -0.168. The Morgan fingerprint density at radius 1 is 1.28 bits per heavy atom. The monoisotopic (exact) mass is 415 g/mol. The largest absolute Gasteiger partial charge is 0.496 e. The first-order chi connectivity index (χ1) is 13.9. The Hall–Kier alpha value is -3.06. The number of methoxy groups -OCH3 is 1. The fourth-order valence-electron chi connectivity index (χ4n) is 3.24. The van der Waals surface area contributed by atoms with Gasteiger partial charge in [-0.15, -0.1) is 0 Å². The van der Waals surface area contributed by atoms with Gasteiger partial charge in [0, 0.05) is 23.8 Å². The van der Waals surface area contributed by atoms with Crippen molar-refractivity contribution in [3.8, 4) is 5.75 Å². The molecule has 1 aliphatic heterocycles. The van der Waals surface area contributed by atoms with Gasteiger partial charge >= 0.3 is 0 Å². The normalized spacial score (nSPS) is 16.2. The average molecular weight is 416 g/mol. The summed E-state index contributed by atoms with van der Waals surface area (Å²) in [5.41, 5.74) is 1.76. The van der Waals surface area contributed by atoms with Gasteiger partial charge in [-0.1, -0.05) is 29.8 Å². The van der Waals surface area contributed by atoms with E-state index in [9.17, 15) is 14.4 Å². The summed E-state index contributed by atoms with van der Waals surface area (Å²) in [6.45, 7) is 2.47. The van der Waals surface area contributed by atoms with E-state index >= 15 is 0 Å². The highest BCUT2D eigenvalue weighted by atomic mass is 35.5. The smallest absolute Gasteiger partial charge is 0.258 e. The fourth-order valence-corrected chi connectivity index (χ4v) is 3.41. The van der Waals surface area contributed by atoms with Crippen molar-refractivity contribution < 1.29 is 19.1 Å². The molecule has 8 heteroatoms. The number of para-hydroxylation sites is 1. The summed E-state index contributed by atoms with van der Waals surface area (Å²) in [5, 5.41) is 5.99. The molecule has 7 nitrogen and oxygen atoms in total. The molecule has 0 unspecified atom stereocenters. The Bertz CT molecular complexity index is 947. The quantitative estimate of drug-likeness (QED) is 0.785. The van der Waals surface area contributed by atoms with Gasteiger partial charge < -0.3 is 20.3 Å². The average Bonchev–Trinajstić information content (AvgIpc) is 2.71. The van der Waals surface area contributed by atoms with E-state index in [0.717, 1.165) is 5.56 Å². The molecule has 1 aliphatic rings. The Kier molecular flexibility index (Phi) is 6.39. The lowest BCUT2D eigenvalue weighted by atomic mass is 10.0. The van der Waals surface area contributed by atoms with Gasteiger partial charge in [0.1, 0.15) is 11.8 Å². The number of nitrogens with zero attached hydrogens (tertiary/aromatic N) is 1. The minimum atomic E-state index is -0.916. The van der Waals surface area contributed by atoms with E-state index in [1.807, 2.05) is 6.92 Å². The first-order valence-electron chi connectivity index (χ1n) is 9.18. The van der Waals surface area contributed by atoms with Gasteiger partial charge in [0.2, 0.25) is 11.8 Å². The van der Waals surface area contributed by atoms with E-state index in [0.29, 0.717) is 35.1 Å². The minimum Gasteiger partial charge on any atom is -0.496 e. The number of carbonyl (C=O) groups is 3. The van der Waals surface area contributed by atoms with Crippen LogP contribution in [0.25, 0.3) is 0 Å². The number of anilines is 1. The molecule has 0 aliphatic carbocycles. The second kappa shape index (κ2) is 8.96. The zero-order valence-corrected chi connectivity index (χ0v) is 17.0. The summed E-state index contributed by atoms with van der Waals surface area (Å²) in [4.78, 5) is 39.6. The number of benzene rings is 2. The molecule has 152 valence electrons. The molecule has 1 fully saturated rings. The molecule has 0 aromatic heterocycles. The molecule has 2 aromatic carbocycles. The van der Waals surface area contributed by atoms with Crippen LogP contribution in [0, 0.1) is 6.92 Å². The van der Waals surface area contributed by atoms with Gasteiger partial charge in [-0.3, -0.25) is 14.4 Å². The van der Waals surface area contributed by atoms with E-state index in [1.165, 1.54) is 12.0 Å². The predicted octanol–water partition coefficient (Wildman–Crippen LogP) is 2.63. The van der Waals surface area contributed by atoms with Crippen LogP contribution in [0.5, 0.6) is 5.75 Å². The number of carbonyl (C=O) groups excluding carboxylic acids is 3. The molecule has 2 aromatic rings. The van der Waals surface area contributed by atoms with E-state index in [-0.39, 0.29) is 24.1 Å². The number of rotatable bonds is 5. The van der Waals surface area contributed by atoms with E-state index in [4.69, 9.17) is 16.3 Å². The van der Waals surface area contributed by atoms with Crippen LogP contribution in [0.4, 0.5) is 5.69 Å². The maximum absolute atomic E-state index is 13.1. The maximum Gasteiger partial charge on any atom is 0.258 e. The van der Waals surface area contributed by atoms with Crippen LogP contribution in [-0.4, -0.2) is 48.9 Å². The Morgan fingerprint density at radius 3 is 2.79 bits per heavy atom. The van der Waals surface area contributed by atoms with Crippen LogP contribution in [0.1, 0.15) is 22.3 Å². The molecule has 0 saturated carbocycles. The third-order valence-corrected chi connectivity index (χ3v) is 5.02. The Morgan fingerprint density at radius 2 is 2.03 bits per heavy atom. The first kappa shape index (κ1) is 20.7. The summed E-state index contributed by atoms with van der Waals surface area (Å²) in [7, 11) is 1.48. The van der Waals surface area contributed by atoms with E-state index in [2.05, 4.69) is 10.6 Å². The number of nitrogens with one attached hydrogen (secondary N) is 2.